The molecule has 0 saturated heterocycles. The summed E-state index contributed by atoms with van der Waals surface area (Å²) >= 11 is 3.35. The highest BCUT2D eigenvalue weighted by Gasteiger charge is 2.11. The van der Waals surface area contributed by atoms with Gasteiger partial charge in [0.05, 0.1) is 18.7 Å². The molecule has 0 aliphatic rings. The SMILES string of the molecule is COc1cc(C#N)ccc1Oc1cc(Br)nc(C(C)C)n1. The fourth-order valence-electron chi connectivity index (χ4n) is 1.66. The molecule has 0 aliphatic heterocycles. The molecule has 6 heteroatoms. The predicted octanol–water partition coefficient (Wildman–Crippen LogP) is 4.04. The van der Waals surface area contributed by atoms with Crippen molar-refractivity contribution in [3.63, 3.8) is 0 Å². The maximum absolute atomic E-state index is 8.90. The van der Waals surface area contributed by atoms with E-state index in [9.17, 15) is 0 Å². The minimum atomic E-state index is 0.188. The smallest absolute Gasteiger partial charge is 0.223 e. The maximum atomic E-state index is 8.90. The van der Waals surface area contributed by atoms with Crippen molar-refractivity contribution in [2.24, 2.45) is 0 Å². The summed E-state index contributed by atoms with van der Waals surface area (Å²) in [5.74, 6) is 2.27. The number of methoxy groups -OCH3 is 1. The first kappa shape index (κ1) is 15.3. The van der Waals surface area contributed by atoms with Crippen molar-refractivity contribution >= 4 is 15.9 Å². The summed E-state index contributed by atoms with van der Waals surface area (Å²) < 4.78 is 11.6. The van der Waals surface area contributed by atoms with Gasteiger partial charge in [-0.1, -0.05) is 13.8 Å². The highest BCUT2D eigenvalue weighted by atomic mass is 79.9. The summed E-state index contributed by atoms with van der Waals surface area (Å²) in [4.78, 5) is 8.66. The van der Waals surface area contributed by atoms with Crippen LogP contribution in [-0.4, -0.2) is 17.1 Å². The van der Waals surface area contributed by atoms with Gasteiger partial charge >= 0.3 is 0 Å². The van der Waals surface area contributed by atoms with Crippen LogP contribution in [0.3, 0.4) is 0 Å². The number of rotatable bonds is 4. The molecule has 0 fully saturated rings. The molecule has 2 rings (SSSR count). The Kier molecular flexibility index (Phi) is 4.76. The topological polar surface area (TPSA) is 68.0 Å². The van der Waals surface area contributed by atoms with E-state index in [-0.39, 0.29) is 5.92 Å². The summed E-state index contributed by atoms with van der Waals surface area (Å²) in [6, 6.07) is 8.71. The zero-order valence-electron chi connectivity index (χ0n) is 11.9. The number of hydrogen-bond acceptors (Lipinski definition) is 5. The van der Waals surface area contributed by atoms with Crippen molar-refractivity contribution in [2.75, 3.05) is 7.11 Å². The minimum Gasteiger partial charge on any atom is -0.493 e. The van der Waals surface area contributed by atoms with Gasteiger partial charge in [0, 0.05) is 18.1 Å². The average molecular weight is 348 g/mol. The van der Waals surface area contributed by atoms with Crippen molar-refractivity contribution in [1.82, 2.24) is 9.97 Å². The Bertz CT molecular complexity index is 696. The number of hydrogen-bond donors (Lipinski definition) is 0. The first-order valence-corrected chi connectivity index (χ1v) is 7.13. The first-order valence-electron chi connectivity index (χ1n) is 6.34. The quantitative estimate of drug-likeness (QED) is 0.780. The lowest BCUT2D eigenvalue weighted by Crippen LogP contribution is -2.00. The molecule has 1 heterocycles. The molecule has 0 spiro atoms. The summed E-state index contributed by atoms with van der Waals surface area (Å²) in [7, 11) is 1.53. The number of benzene rings is 1. The number of halogens is 1. The molecule has 0 unspecified atom stereocenters. The van der Waals surface area contributed by atoms with E-state index in [1.54, 1.807) is 24.3 Å². The van der Waals surface area contributed by atoms with E-state index in [1.165, 1.54) is 7.11 Å². The van der Waals surface area contributed by atoms with Crippen molar-refractivity contribution in [3.05, 3.63) is 40.3 Å². The fraction of sp³-hybridized carbons (Fsp3) is 0.267. The van der Waals surface area contributed by atoms with Crippen LogP contribution in [0.5, 0.6) is 17.4 Å². The van der Waals surface area contributed by atoms with E-state index in [4.69, 9.17) is 14.7 Å². The fourth-order valence-corrected chi connectivity index (χ4v) is 2.04. The van der Waals surface area contributed by atoms with Gasteiger partial charge in [-0.2, -0.15) is 10.2 Å². The molecule has 108 valence electrons. The van der Waals surface area contributed by atoms with Crippen LogP contribution in [0.4, 0.5) is 0 Å². The molecule has 0 bridgehead atoms. The van der Waals surface area contributed by atoms with E-state index in [0.717, 1.165) is 0 Å². The Morgan fingerprint density at radius 2 is 1.95 bits per heavy atom. The highest BCUT2D eigenvalue weighted by Crippen LogP contribution is 2.32. The summed E-state index contributed by atoms with van der Waals surface area (Å²) in [6.07, 6.45) is 0. The summed E-state index contributed by atoms with van der Waals surface area (Å²) in [6.45, 7) is 4.02. The summed E-state index contributed by atoms with van der Waals surface area (Å²) in [5, 5.41) is 8.90. The van der Waals surface area contributed by atoms with Crippen LogP contribution in [-0.2, 0) is 0 Å². The Morgan fingerprint density at radius 1 is 1.19 bits per heavy atom. The van der Waals surface area contributed by atoms with E-state index in [0.29, 0.717) is 33.4 Å². The Hall–Kier alpha value is -2.13. The largest absolute Gasteiger partial charge is 0.493 e. The second kappa shape index (κ2) is 6.55. The van der Waals surface area contributed by atoms with Gasteiger partial charge in [0.25, 0.3) is 0 Å². The van der Waals surface area contributed by atoms with Crippen molar-refractivity contribution in [2.45, 2.75) is 19.8 Å². The van der Waals surface area contributed by atoms with Crippen LogP contribution >= 0.6 is 15.9 Å². The molecular weight excluding hydrogens is 334 g/mol. The highest BCUT2D eigenvalue weighted by molar-refractivity contribution is 9.10. The van der Waals surface area contributed by atoms with Crippen molar-refractivity contribution < 1.29 is 9.47 Å². The molecule has 0 saturated carbocycles. The Balaban J connectivity index is 2.36. The average Bonchev–Trinajstić information content (AvgIpc) is 2.47. The minimum absolute atomic E-state index is 0.188. The molecule has 1 aromatic carbocycles. The van der Waals surface area contributed by atoms with Crippen LogP contribution in [0.2, 0.25) is 0 Å². The molecule has 2 aromatic rings. The monoisotopic (exact) mass is 347 g/mol. The van der Waals surface area contributed by atoms with Gasteiger partial charge in [-0.25, -0.2) is 4.98 Å². The normalized spacial score (nSPS) is 10.3. The van der Waals surface area contributed by atoms with Crippen LogP contribution in [0.15, 0.2) is 28.9 Å². The van der Waals surface area contributed by atoms with Gasteiger partial charge in [0.2, 0.25) is 5.88 Å². The predicted molar refractivity (Wildman–Crippen MR) is 81.6 cm³/mol. The molecule has 0 atom stereocenters. The van der Waals surface area contributed by atoms with Gasteiger partial charge < -0.3 is 9.47 Å². The van der Waals surface area contributed by atoms with Gasteiger partial charge in [-0.3, -0.25) is 0 Å². The second-order valence-corrected chi connectivity index (χ2v) is 5.43. The molecule has 21 heavy (non-hydrogen) atoms. The maximum Gasteiger partial charge on any atom is 0.223 e. The molecule has 0 N–H and O–H groups in total. The molecular formula is C15H14BrN3O2. The van der Waals surface area contributed by atoms with Gasteiger partial charge in [-0.15, -0.1) is 0 Å². The lowest BCUT2D eigenvalue weighted by atomic mass is 10.2. The Morgan fingerprint density at radius 3 is 2.57 bits per heavy atom. The zero-order chi connectivity index (χ0) is 15.4. The van der Waals surface area contributed by atoms with Gasteiger partial charge in [-0.05, 0) is 28.1 Å². The van der Waals surface area contributed by atoms with Crippen LogP contribution < -0.4 is 9.47 Å². The van der Waals surface area contributed by atoms with Gasteiger partial charge in [0.15, 0.2) is 11.5 Å². The Labute approximate surface area is 131 Å². The third-order valence-electron chi connectivity index (χ3n) is 2.71. The van der Waals surface area contributed by atoms with E-state index in [1.807, 2.05) is 13.8 Å². The number of aromatic nitrogens is 2. The lowest BCUT2D eigenvalue weighted by Gasteiger charge is -2.11. The molecule has 0 aliphatic carbocycles. The van der Waals surface area contributed by atoms with Crippen LogP contribution in [0.25, 0.3) is 0 Å². The van der Waals surface area contributed by atoms with Gasteiger partial charge in [0.1, 0.15) is 10.4 Å². The van der Waals surface area contributed by atoms with E-state index in [2.05, 4.69) is 32.0 Å². The van der Waals surface area contributed by atoms with E-state index < -0.39 is 0 Å². The second-order valence-electron chi connectivity index (χ2n) is 4.62. The lowest BCUT2D eigenvalue weighted by molar-refractivity contribution is 0.372. The summed E-state index contributed by atoms with van der Waals surface area (Å²) in [5.41, 5.74) is 0.505. The molecule has 0 radical (unpaired) electrons. The van der Waals surface area contributed by atoms with E-state index >= 15 is 0 Å². The van der Waals surface area contributed by atoms with Crippen LogP contribution in [0, 0.1) is 11.3 Å². The number of ether oxygens (including phenoxy) is 2. The molecule has 1 aromatic heterocycles. The number of nitriles is 1. The molecule has 0 amide bonds. The van der Waals surface area contributed by atoms with Crippen LogP contribution in [0.1, 0.15) is 31.2 Å². The van der Waals surface area contributed by atoms with Crippen molar-refractivity contribution in [3.8, 4) is 23.4 Å². The standard InChI is InChI=1S/C15H14BrN3O2/c1-9(2)15-18-13(16)7-14(19-15)21-11-5-4-10(8-17)6-12(11)20-3/h4-7,9H,1-3H3. The van der Waals surface area contributed by atoms with Crippen molar-refractivity contribution in [1.29, 1.82) is 5.26 Å². The number of nitrogens with zero attached hydrogens (tertiary/aromatic N) is 3. The first-order chi connectivity index (χ1) is 10.0. The molecule has 5 nitrogen and oxygen atoms in total. The third kappa shape index (κ3) is 3.70. The third-order valence-corrected chi connectivity index (χ3v) is 3.12. The zero-order valence-corrected chi connectivity index (χ0v) is 13.5.